The van der Waals surface area contributed by atoms with Crippen molar-refractivity contribution in [3.8, 4) is 11.5 Å². The van der Waals surface area contributed by atoms with Crippen molar-refractivity contribution >= 4 is 37.5 Å². The van der Waals surface area contributed by atoms with Gasteiger partial charge < -0.3 is 14.8 Å². The van der Waals surface area contributed by atoms with Gasteiger partial charge in [0.1, 0.15) is 6.54 Å². The van der Waals surface area contributed by atoms with Crippen LogP contribution in [-0.4, -0.2) is 40.3 Å². The van der Waals surface area contributed by atoms with E-state index < -0.39 is 15.9 Å². The number of ether oxygens (including phenoxy) is 2. The van der Waals surface area contributed by atoms with Crippen LogP contribution in [0.1, 0.15) is 25.0 Å². The molecule has 1 N–H and O–H groups in total. The van der Waals surface area contributed by atoms with Crippen LogP contribution in [0.25, 0.3) is 0 Å². The van der Waals surface area contributed by atoms with E-state index in [0.29, 0.717) is 17.2 Å². The largest absolute Gasteiger partial charge is 0.493 e. The SMILES string of the molecule is COc1cc(CNC(=O)CN(c2ccc(Br)c(C)c2)S(C)(=O)=O)ccc1OC(C)C. The first kappa shape index (κ1) is 24.0. The first-order valence-corrected chi connectivity index (χ1v) is 12.0. The second kappa shape index (κ2) is 10.2. The highest BCUT2D eigenvalue weighted by atomic mass is 79.9. The molecule has 0 unspecified atom stereocenters. The molecule has 164 valence electrons. The summed E-state index contributed by atoms with van der Waals surface area (Å²) in [4.78, 5) is 12.5. The van der Waals surface area contributed by atoms with Crippen molar-refractivity contribution in [1.29, 1.82) is 0 Å². The first-order valence-electron chi connectivity index (χ1n) is 9.35. The van der Waals surface area contributed by atoms with Crippen LogP contribution in [-0.2, 0) is 21.4 Å². The standard InChI is InChI=1S/C21H27BrN2O5S/c1-14(2)29-19-9-6-16(11-20(19)28-4)12-23-21(25)13-24(30(5,26)27)17-7-8-18(22)15(3)10-17/h6-11,14H,12-13H2,1-5H3,(H,23,25). The van der Waals surface area contributed by atoms with Crippen LogP contribution < -0.4 is 19.1 Å². The average Bonchev–Trinajstić information content (AvgIpc) is 2.66. The van der Waals surface area contributed by atoms with Crippen molar-refractivity contribution < 1.29 is 22.7 Å². The number of methoxy groups -OCH3 is 1. The van der Waals surface area contributed by atoms with Gasteiger partial charge in [0.25, 0.3) is 0 Å². The Hall–Kier alpha value is -2.26. The fraction of sp³-hybridized carbons (Fsp3) is 0.381. The van der Waals surface area contributed by atoms with Crippen molar-refractivity contribution in [3.05, 3.63) is 52.0 Å². The Labute approximate surface area is 186 Å². The van der Waals surface area contributed by atoms with Gasteiger partial charge in [-0.15, -0.1) is 0 Å². The number of hydrogen-bond donors (Lipinski definition) is 1. The second-order valence-corrected chi connectivity index (χ2v) is 9.89. The van der Waals surface area contributed by atoms with Gasteiger partial charge in [0.05, 0.1) is 25.2 Å². The van der Waals surface area contributed by atoms with Gasteiger partial charge in [-0.3, -0.25) is 9.10 Å². The molecule has 0 aliphatic heterocycles. The van der Waals surface area contributed by atoms with Gasteiger partial charge in [0, 0.05) is 11.0 Å². The molecule has 0 fully saturated rings. The number of carbonyl (C=O) groups excluding carboxylic acids is 1. The lowest BCUT2D eigenvalue weighted by atomic mass is 10.2. The first-order chi connectivity index (χ1) is 14.0. The Bertz CT molecular complexity index is 1010. The topological polar surface area (TPSA) is 84.9 Å². The molecular weight excluding hydrogens is 472 g/mol. The van der Waals surface area contributed by atoms with E-state index in [1.807, 2.05) is 26.8 Å². The molecule has 0 aromatic heterocycles. The Morgan fingerprint density at radius 1 is 1.17 bits per heavy atom. The smallest absolute Gasteiger partial charge is 0.241 e. The number of amides is 1. The van der Waals surface area contributed by atoms with E-state index in [0.717, 1.165) is 26.2 Å². The third-order valence-corrected chi connectivity index (χ3v) is 6.23. The van der Waals surface area contributed by atoms with Crippen LogP contribution in [0.4, 0.5) is 5.69 Å². The van der Waals surface area contributed by atoms with Crippen LogP contribution in [0.2, 0.25) is 0 Å². The highest BCUT2D eigenvalue weighted by Crippen LogP contribution is 2.29. The molecule has 2 aromatic rings. The van der Waals surface area contributed by atoms with E-state index >= 15 is 0 Å². The van der Waals surface area contributed by atoms with E-state index in [1.54, 1.807) is 37.4 Å². The maximum absolute atomic E-state index is 12.5. The van der Waals surface area contributed by atoms with Crippen molar-refractivity contribution in [2.75, 3.05) is 24.2 Å². The number of nitrogens with one attached hydrogen (secondary N) is 1. The molecule has 0 atom stereocenters. The number of halogens is 1. The number of hydrogen-bond acceptors (Lipinski definition) is 5. The predicted molar refractivity (Wildman–Crippen MR) is 122 cm³/mol. The molecule has 2 aromatic carbocycles. The van der Waals surface area contributed by atoms with Crippen molar-refractivity contribution in [2.24, 2.45) is 0 Å². The fourth-order valence-electron chi connectivity index (χ4n) is 2.74. The molecule has 0 bridgehead atoms. The Kier molecular flexibility index (Phi) is 8.14. The highest BCUT2D eigenvalue weighted by Gasteiger charge is 2.21. The lowest BCUT2D eigenvalue weighted by Crippen LogP contribution is -2.40. The van der Waals surface area contributed by atoms with Crippen LogP contribution in [0.15, 0.2) is 40.9 Å². The minimum Gasteiger partial charge on any atom is -0.493 e. The second-order valence-electron chi connectivity index (χ2n) is 7.13. The summed E-state index contributed by atoms with van der Waals surface area (Å²) in [5, 5.41) is 2.76. The summed E-state index contributed by atoms with van der Waals surface area (Å²) in [6.45, 7) is 5.62. The molecule has 0 heterocycles. The van der Waals surface area contributed by atoms with Crippen molar-refractivity contribution in [1.82, 2.24) is 5.32 Å². The molecule has 30 heavy (non-hydrogen) atoms. The number of rotatable bonds is 9. The summed E-state index contributed by atoms with van der Waals surface area (Å²) in [5.74, 6) is 0.775. The van der Waals surface area contributed by atoms with Gasteiger partial charge in [0.15, 0.2) is 11.5 Å². The van der Waals surface area contributed by atoms with E-state index in [2.05, 4.69) is 21.2 Å². The van der Waals surface area contributed by atoms with E-state index in [4.69, 9.17) is 9.47 Å². The monoisotopic (exact) mass is 498 g/mol. The summed E-state index contributed by atoms with van der Waals surface area (Å²) >= 11 is 3.39. The lowest BCUT2D eigenvalue weighted by Gasteiger charge is -2.22. The molecule has 1 amide bonds. The number of aryl methyl sites for hydroxylation is 1. The molecular formula is C21H27BrN2O5S. The van der Waals surface area contributed by atoms with Crippen LogP contribution in [0.3, 0.4) is 0 Å². The number of benzene rings is 2. The van der Waals surface area contributed by atoms with Crippen LogP contribution in [0.5, 0.6) is 11.5 Å². The summed E-state index contributed by atoms with van der Waals surface area (Å²) < 4.78 is 37.5. The lowest BCUT2D eigenvalue weighted by molar-refractivity contribution is -0.119. The maximum Gasteiger partial charge on any atom is 0.241 e. The summed E-state index contributed by atoms with van der Waals surface area (Å²) in [6.07, 6.45) is 1.09. The number of carbonyl (C=O) groups is 1. The van der Waals surface area contributed by atoms with Gasteiger partial charge in [0.2, 0.25) is 15.9 Å². The van der Waals surface area contributed by atoms with Gasteiger partial charge in [-0.2, -0.15) is 0 Å². The van der Waals surface area contributed by atoms with Crippen molar-refractivity contribution in [3.63, 3.8) is 0 Å². The zero-order valence-electron chi connectivity index (χ0n) is 17.7. The molecule has 0 radical (unpaired) electrons. The summed E-state index contributed by atoms with van der Waals surface area (Å²) in [5.41, 5.74) is 2.12. The minimum atomic E-state index is -3.63. The van der Waals surface area contributed by atoms with E-state index in [9.17, 15) is 13.2 Å². The molecule has 9 heteroatoms. The average molecular weight is 499 g/mol. The Morgan fingerprint density at radius 3 is 2.43 bits per heavy atom. The van der Waals surface area contributed by atoms with Gasteiger partial charge >= 0.3 is 0 Å². The summed E-state index contributed by atoms with van der Waals surface area (Å²) in [7, 11) is -2.08. The quantitative estimate of drug-likeness (QED) is 0.570. The zero-order valence-corrected chi connectivity index (χ0v) is 20.1. The minimum absolute atomic E-state index is 0.00803. The Balaban J connectivity index is 2.10. The molecule has 0 aliphatic rings. The third kappa shape index (κ3) is 6.63. The molecule has 0 saturated carbocycles. The molecule has 0 saturated heterocycles. The van der Waals surface area contributed by atoms with E-state index in [1.165, 1.54) is 0 Å². The molecule has 0 aliphatic carbocycles. The number of anilines is 1. The normalized spacial score (nSPS) is 11.3. The highest BCUT2D eigenvalue weighted by molar-refractivity contribution is 9.10. The Morgan fingerprint density at radius 2 is 1.87 bits per heavy atom. The summed E-state index contributed by atoms with van der Waals surface area (Å²) in [6, 6.07) is 10.5. The molecule has 2 rings (SSSR count). The van der Waals surface area contributed by atoms with Crippen LogP contribution >= 0.6 is 15.9 Å². The molecule has 0 spiro atoms. The zero-order chi connectivity index (χ0) is 22.5. The van der Waals surface area contributed by atoms with Gasteiger partial charge in [-0.25, -0.2) is 8.42 Å². The predicted octanol–water partition coefficient (Wildman–Crippen LogP) is 3.64. The van der Waals surface area contributed by atoms with Crippen molar-refractivity contribution in [2.45, 2.75) is 33.4 Å². The van der Waals surface area contributed by atoms with Gasteiger partial charge in [-0.05, 0) is 62.2 Å². The maximum atomic E-state index is 12.5. The van der Waals surface area contributed by atoms with Gasteiger partial charge in [-0.1, -0.05) is 22.0 Å². The molecule has 7 nitrogen and oxygen atoms in total. The third-order valence-electron chi connectivity index (χ3n) is 4.20. The fourth-order valence-corrected chi connectivity index (χ4v) is 3.84. The number of sulfonamides is 1. The van der Waals surface area contributed by atoms with E-state index in [-0.39, 0.29) is 19.2 Å². The van der Waals surface area contributed by atoms with Crippen LogP contribution in [0, 0.1) is 6.92 Å². The number of nitrogens with zero attached hydrogens (tertiary/aromatic N) is 1.